The molecule has 0 saturated heterocycles. The molecule has 0 amide bonds. The molecular formula is C11H11NO. The fraction of sp³-hybridized carbons (Fsp3) is 0.364. The lowest BCUT2D eigenvalue weighted by Crippen LogP contribution is -2.08. The van der Waals surface area contributed by atoms with E-state index in [1.165, 1.54) is 5.56 Å². The van der Waals surface area contributed by atoms with Gasteiger partial charge in [0.2, 0.25) is 0 Å². The Morgan fingerprint density at radius 1 is 1.31 bits per heavy atom. The lowest BCUT2D eigenvalue weighted by molar-refractivity contribution is 0.0789. The van der Waals surface area contributed by atoms with E-state index < -0.39 is 0 Å². The summed E-state index contributed by atoms with van der Waals surface area (Å²) in [5, 5.41) is 8.62. The van der Waals surface area contributed by atoms with Crippen molar-refractivity contribution in [2.75, 3.05) is 7.11 Å². The molecule has 2 nitrogen and oxygen atoms in total. The first-order valence-electron chi connectivity index (χ1n) is 4.36. The lowest BCUT2D eigenvalue weighted by atomic mass is 10.1. The van der Waals surface area contributed by atoms with E-state index in [0.29, 0.717) is 5.56 Å². The Labute approximate surface area is 77.8 Å². The molecule has 0 unspecified atom stereocenters. The standard InChI is InChI=1S/C11H11NO/c1-13-11(6-7-11)10-4-2-9(8-12)3-5-10/h2-5H,6-7H2,1H3. The van der Waals surface area contributed by atoms with E-state index in [-0.39, 0.29) is 5.60 Å². The van der Waals surface area contributed by atoms with Crippen molar-refractivity contribution in [1.82, 2.24) is 0 Å². The third kappa shape index (κ3) is 1.32. The second kappa shape index (κ2) is 2.86. The van der Waals surface area contributed by atoms with Crippen molar-refractivity contribution in [2.45, 2.75) is 18.4 Å². The third-order valence-corrected chi connectivity index (χ3v) is 2.63. The van der Waals surface area contributed by atoms with Crippen molar-refractivity contribution in [2.24, 2.45) is 0 Å². The van der Waals surface area contributed by atoms with Crippen molar-refractivity contribution in [3.8, 4) is 6.07 Å². The molecule has 1 aromatic rings. The first-order chi connectivity index (χ1) is 6.30. The summed E-state index contributed by atoms with van der Waals surface area (Å²) in [5.74, 6) is 0. The Hall–Kier alpha value is -1.33. The van der Waals surface area contributed by atoms with Crippen LogP contribution in [0.4, 0.5) is 0 Å². The molecule has 13 heavy (non-hydrogen) atoms. The summed E-state index contributed by atoms with van der Waals surface area (Å²) in [7, 11) is 1.74. The van der Waals surface area contributed by atoms with Crippen LogP contribution >= 0.6 is 0 Å². The molecule has 0 N–H and O–H groups in total. The molecule has 0 radical (unpaired) electrons. The van der Waals surface area contributed by atoms with Gasteiger partial charge in [0.25, 0.3) is 0 Å². The highest BCUT2D eigenvalue weighted by atomic mass is 16.5. The van der Waals surface area contributed by atoms with Crippen LogP contribution in [0.15, 0.2) is 24.3 Å². The predicted molar refractivity (Wildman–Crippen MR) is 49.1 cm³/mol. The predicted octanol–water partition coefficient (Wildman–Crippen LogP) is 2.19. The number of methoxy groups -OCH3 is 1. The Bertz CT molecular complexity index is 343. The fourth-order valence-corrected chi connectivity index (χ4v) is 1.57. The monoisotopic (exact) mass is 173 g/mol. The minimum absolute atomic E-state index is 0.0337. The van der Waals surface area contributed by atoms with Crippen molar-refractivity contribution in [1.29, 1.82) is 5.26 Å². The first kappa shape index (κ1) is 8.28. The molecule has 1 aromatic carbocycles. The fourth-order valence-electron chi connectivity index (χ4n) is 1.57. The van der Waals surface area contributed by atoms with Crippen LogP contribution in [-0.4, -0.2) is 7.11 Å². The molecule has 66 valence electrons. The molecule has 0 spiro atoms. The van der Waals surface area contributed by atoms with Crippen molar-refractivity contribution < 1.29 is 4.74 Å². The average molecular weight is 173 g/mol. The van der Waals surface area contributed by atoms with Crippen LogP contribution in [0.25, 0.3) is 0 Å². The van der Waals surface area contributed by atoms with Crippen LogP contribution in [0.1, 0.15) is 24.0 Å². The number of nitrogens with zero attached hydrogens (tertiary/aromatic N) is 1. The summed E-state index contributed by atoms with van der Waals surface area (Å²) in [6.07, 6.45) is 2.19. The molecule has 1 aliphatic carbocycles. The molecule has 1 aliphatic rings. The topological polar surface area (TPSA) is 33.0 Å². The maximum Gasteiger partial charge on any atom is 0.0991 e. The Balaban J connectivity index is 2.29. The number of rotatable bonds is 2. The first-order valence-corrected chi connectivity index (χ1v) is 4.36. The van der Waals surface area contributed by atoms with Gasteiger partial charge in [-0.1, -0.05) is 12.1 Å². The van der Waals surface area contributed by atoms with Gasteiger partial charge in [0.15, 0.2) is 0 Å². The van der Waals surface area contributed by atoms with Crippen molar-refractivity contribution >= 4 is 0 Å². The Morgan fingerprint density at radius 3 is 2.31 bits per heavy atom. The van der Waals surface area contributed by atoms with Gasteiger partial charge < -0.3 is 4.74 Å². The molecule has 1 fully saturated rings. The van der Waals surface area contributed by atoms with Gasteiger partial charge in [-0.25, -0.2) is 0 Å². The van der Waals surface area contributed by atoms with Gasteiger partial charge in [-0.2, -0.15) is 5.26 Å². The molecule has 2 rings (SSSR count). The molecule has 0 aromatic heterocycles. The van der Waals surface area contributed by atoms with Crippen LogP contribution < -0.4 is 0 Å². The quantitative estimate of drug-likeness (QED) is 0.686. The molecule has 0 heterocycles. The molecule has 0 bridgehead atoms. The van der Waals surface area contributed by atoms with E-state index in [9.17, 15) is 0 Å². The van der Waals surface area contributed by atoms with Crippen molar-refractivity contribution in [3.63, 3.8) is 0 Å². The van der Waals surface area contributed by atoms with Crippen LogP contribution in [0.2, 0.25) is 0 Å². The van der Waals surface area contributed by atoms with E-state index in [2.05, 4.69) is 6.07 Å². The van der Waals surface area contributed by atoms with Gasteiger partial charge in [0.1, 0.15) is 0 Å². The summed E-state index contributed by atoms with van der Waals surface area (Å²) in [6, 6.07) is 9.75. The highest BCUT2D eigenvalue weighted by Crippen LogP contribution is 2.48. The smallest absolute Gasteiger partial charge is 0.0991 e. The van der Waals surface area contributed by atoms with Gasteiger partial charge in [-0.15, -0.1) is 0 Å². The minimum atomic E-state index is -0.0337. The largest absolute Gasteiger partial charge is 0.374 e. The molecular weight excluding hydrogens is 162 g/mol. The van der Waals surface area contributed by atoms with Gasteiger partial charge in [0.05, 0.1) is 17.2 Å². The van der Waals surface area contributed by atoms with E-state index in [1.54, 1.807) is 7.11 Å². The summed E-state index contributed by atoms with van der Waals surface area (Å²) < 4.78 is 5.43. The second-order valence-electron chi connectivity index (χ2n) is 3.39. The SMILES string of the molecule is COC1(c2ccc(C#N)cc2)CC1. The van der Waals surface area contributed by atoms with E-state index >= 15 is 0 Å². The summed E-state index contributed by atoms with van der Waals surface area (Å²) in [5.41, 5.74) is 1.86. The Kier molecular flexibility index (Phi) is 1.82. The van der Waals surface area contributed by atoms with Crippen LogP contribution in [0, 0.1) is 11.3 Å². The molecule has 1 saturated carbocycles. The summed E-state index contributed by atoms with van der Waals surface area (Å²) >= 11 is 0. The number of hydrogen-bond donors (Lipinski definition) is 0. The van der Waals surface area contributed by atoms with Crippen LogP contribution in [-0.2, 0) is 10.3 Å². The van der Waals surface area contributed by atoms with E-state index in [4.69, 9.17) is 10.00 Å². The number of benzene rings is 1. The van der Waals surface area contributed by atoms with Gasteiger partial charge >= 0.3 is 0 Å². The van der Waals surface area contributed by atoms with Crippen LogP contribution in [0.3, 0.4) is 0 Å². The number of hydrogen-bond acceptors (Lipinski definition) is 2. The highest BCUT2D eigenvalue weighted by Gasteiger charge is 2.44. The zero-order valence-electron chi connectivity index (χ0n) is 7.58. The average Bonchev–Trinajstić information content (AvgIpc) is 2.99. The van der Waals surface area contributed by atoms with Crippen LogP contribution in [0.5, 0.6) is 0 Å². The number of nitriles is 1. The zero-order valence-corrected chi connectivity index (χ0v) is 7.58. The summed E-state index contributed by atoms with van der Waals surface area (Å²) in [4.78, 5) is 0. The third-order valence-electron chi connectivity index (χ3n) is 2.63. The highest BCUT2D eigenvalue weighted by molar-refractivity contribution is 5.36. The summed E-state index contributed by atoms with van der Waals surface area (Å²) in [6.45, 7) is 0. The molecule has 0 aliphatic heterocycles. The maximum atomic E-state index is 8.62. The van der Waals surface area contributed by atoms with E-state index in [0.717, 1.165) is 12.8 Å². The van der Waals surface area contributed by atoms with E-state index in [1.807, 2.05) is 24.3 Å². The normalized spacial score (nSPS) is 17.8. The maximum absolute atomic E-state index is 8.62. The molecule has 0 atom stereocenters. The minimum Gasteiger partial charge on any atom is -0.374 e. The van der Waals surface area contributed by atoms with Crippen molar-refractivity contribution in [3.05, 3.63) is 35.4 Å². The zero-order chi connectivity index (χ0) is 9.31. The second-order valence-corrected chi connectivity index (χ2v) is 3.39. The lowest BCUT2D eigenvalue weighted by Gasteiger charge is -2.12. The van der Waals surface area contributed by atoms with Gasteiger partial charge in [0, 0.05) is 7.11 Å². The Morgan fingerprint density at radius 2 is 1.92 bits per heavy atom. The number of ether oxygens (including phenoxy) is 1. The van der Waals surface area contributed by atoms with Gasteiger partial charge in [-0.05, 0) is 30.5 Å². The van der Waals surface area contributed by atoms with Gasteiger partial charge in [-0.3, -0.25) is 0 Å². The molecule has 2 heteroatoms.